The molecule has 0 aliphatic heterocycles. The van der Waals surface area contributed by atoms with Crippen molar-refractivity contribution in [2.24, 2.45) is 0 Å². The van der Waals surface area contributed by atoms with Crippen LogP contribution in [0, 0.1) is 0 Å². The second-order valence-corrected chi connectivity index (χ2v) is 10.3. The van der Waals surface area contributed by atoms with Crippen LogP contribution in [0.25, 0.3) is 22.4 Å². The Bertz CT molecular complexity index is 1550. The van der Waals surface area contributed by atoms with Crippen LogP contribution in [-0.2, 0) is 11.3 Å². The first-order chi connectivity index (χ1) is 17.0. The predicted octanol–water partition coefficient (Wildman–Crippen LogP) is 4.11. The summed E-state index contributed by atoms with van der Waals surface area (Å²) in [7, 11) is 1.66. The van der Waals surface area contributed by atoms with Gasteiger partial charge in [-0.3, -0.25) is 13.7 Å². The highest BCUT2D eigenvalue weighted by atomic mass is 127. The fourth-order valence-corrected chi connectivity index (χ4v) is 5.55. The lowest BCUT2D eigenvalue weighted by molar-refractivity contribution is 0.122. The zero-order valence-electron chi connectivity index (χ0n) is 18.8. The summed E-state index contributed by atoms with van der Waals surface area (Å²) in [6.45, 7) is 2.75. The lowest BCUT2D eigenvalue weighted by Crippen LogP contribution is -2.36. The van der Waals surface area contributed by atoms with Crippen molar-refractivity contribution in [1.29, 1.82) is 0 Å². The highest BCUT2D eigenvalue weighted by Crippen LogP contribution is 2.31. The number of fused-ring (bicyclic) bond motifs is 2. The van der Waals surface area contributed by atoms with Gasteiger partial charge in [0.15, 0.2) is 22.8 Å². The molecule has 0 saturated carbocycles. The van der Waals surface area contributed by atoms with Gasteiger partial charge in [-0.25, -0.2) is 19.5 Å². The van der Waals surface area contributed by atoms with Gasteiger partial charge in [0.25, 0.3) is 5.56 Å². The van der Waals surface area contributed by atoms with Crippen LogP contribution in [0.15, 0.2) is 60.0 Å². The number of rotatable bonds is 8. The first kappa shape index (κ1) is 24.1. The fraction of sp³-hybridized carbons (Fsp3) is 0.227. The number of hydrogen-bond donors (Lipinski definition) is 0. The normalized spacial score (nSPS) is 12.8. The number of anilines is 1. The minimum absolute atomic E-state index is 0.116. The number of methoxy groups -OCH3 is 1. The lowest BCUT2D eigenvalue weighted by atomic mass is 10.3. The molecule has 2 unspecified atom stereocenters. The highest BCUT2D eigenvalue weighted by Gasteiger charge is 2.23. The molecule has 35 heavy (non-hydrogen) atoms. The van der Waals surface area contributed by atoms with Crippen LogP contribution in [0.3, 0.4) is 0 Å². The second-order valence-electron chi connectivity index (χ2n) is 7.84. The molecule has 5 aromatic rings. The van der Waals surface area contributed by atoms with Crippen LogP contribution in [0.2, 0.25) is 5.02 Å². The average Bonchev–Trinajstić information content (AvgIpc) is 3.47. The first-order valence-corrected chi connectivity index (χ1v) is 15.1. The predicted molar refractivity (Wildman–Crippen MR) is 146 cm³/mol. The molecule has 10 nitrogen and oxygen atoms in total. The van der Waals surface area contributed by atoms with Crippen molar-refractivity contribution in [1.82, 2.24) is 33.5 Å². The topological polar surface area (TPSA) is 95.4 Å². The van der Waals surface area contributed by atoms with Gasteiger partial charge >= 0.3 is 0 Å². The van der Waals surface area contributed by atoms with E-state index in [1.165, 1.54) is 10.8 Å². The number of nitrogens with zero attached hydrogens (tertiary/aromatic N) is 8. The molecule has 13 heteroatoms. The molecular formula is C22H21ClIN8O2P. The number of hydrogen-bond acceptors (Lipinski definition) is 7. The molecule has 0 aliphatic rings. The minimum atomic E-state index is -0.251. The number of para-hydroxylation sites is 1. The van der Waals surface area contributed by atoms with Gasteiger partial charge in [0.1, 0.15) is 18.2 Å². The molecule has 180 valence electrons. The highest BCUT2D eigenvalue weighted by molar-refractivity contribution is 14.2. The van der Waals surface area contributed by atoms with E-state index in [0.29, 0.717) is 46.3 Å². The Hall–Kier alpha value is -2.60. The molecule has 0 spiro atoms. The number of aromatic nitrogens is 7. The summed E-state index contributed by atoms with van der Waals surface area (Å²) in [5, 5.41) is 5.13. The van der Waals surface area contributed by atoms with Gasteiger partial charge in [-0.15, -0.1) is 0 Å². The van der Waals surface area contributed by atoms with E-state index < -0.39 is 0 Å². The first-order valence-electron chi connectivity index (χ1n) is 10.7. The molecule has 0 amide bonds. The molecule has 4 heterocycles. The van der Waals surface area contributed by atoms with Gasteiger partial charge in [-0.05, 0) is 47.2 Å². The maximum Gasteiger partial charge on any atom is 0.284 e. The van der Waals surface area contributed by atoms with Gasteiger partial charge in [0, 0.05) is 19.9 Å². The quantitative estimate of drug-likeness (QED) is 0.190. The number of imidazole rings is 1. The van der Waals surface area contributed by atoms with Gasteiger partial charge in [0.05, 0.1) is 29.7 Å². The van der Waals surface area contributed by atoms with Crippen LogP contribution >= 0.6 is 40.0 Å². The van der Waals surface area contributed by atoms with Crippen molar-refractivity contribution >= 4 is 62.5 Å². The maximum atomic E-state index is 13.6. The Balaban J connectivity index is 1.70. The zero-order chi connectivity index (χ0) is 24.5. The van der Waals surface area contributed by atoms with Gasteiger partial charge in [-0.2, -0.15) is 5.10 Å². The average molecular weight is 623 g/mol. The Morgan fingerprint density at radius 3 is 2.74 bits per heavy atom. The van der Waals surface area contributed by atoms with E-state index in [1.807, 2.05) is 46.5 Å². The molecular weight excluding hydrogens is 602 g/mol. The third-order valence-corrected chi connectivity index (χ3v) is 8.01. The monoisotopic (exact) mass is 622 g/mol. The largest absolute Gasteiger partial charge is 0.380 e. The van der Waals surface area contributed by atoms with Crippen molar-refractivity contribution in [3.05, 3.63) is 76.5 Å². The third kappa shape index (κ3) is 4.53. The SMILES string of the molecule is COC(C)CN(Cc1nn2ccc(Cl)c2c(=O)n1-c1ccccc1)c1ncnc2c1ncn2PI. The van der Waals surface area contributed by atoms with E-state index in [1.54, 1.807) is 30.3 Å². The van der Waals surface area contributed by atoms with E-state index in [4.69, 9.17) is 21.4 Å². The van der Waals surface area contributed by atoms with Crippen LogP contribution in [0.1, 0.15) is 12.7 Å². The number of ether oxygens (including phenoxy) is 1. The van der Waals surface area contributed by atoms with Crippen molar-refractivity contribution < 1.29 is 4.74 Å². The summed E-state index contributed by atoms with van der Waals surface area (Å²) in [6.07, 6.45) is 5.32. The summed E-state index contributed by atoms with van der Waals surface area (Å²) >= 11 is 8.62. The van der Waals surface area contributed by atoms with Crippen LogP contribution in [-0.4, -0.2) is 53.2 Å². The molecule has 0 saturated heterocycles. The lowest BCUT2D eigenvalue weighted by Gasteiger charge is -2.27. The van der Waals surface area contributed by atoms with Crippen molar-refractivity contribution in [3.63, 3.8) is 0 Å². The van der Waals surface area contributed by atoms with E-state index >= 15 is 0 Å². The van der Waals surface area contributed by atoms with Crippen molar-refractivity contribution in [2.75, 3.05) is 18.6 Å². The molecule has 4 aromatic heterocycles. The summed E-state index contributed by atoms with van der Waals surface area (Å²) in [6, 6.07) is 11.1. The van der Waals surface area contributed by atoms with E-state index in [-0.39, 0.29) is 18.2 Å². The summed E-state index contributed by atoms with van der Waals surface area (Å²) in [4.78, 5) is 29.2. The standard InChI is InChI=1S/C22H21ClIN8O2P/c1-14(34-2)10-29(20-18-21(26-12-25-20)31(35-24)13-27-18)11-17-28-30-9-8-16(23)19(30)22(33)32(17)15-6-4-3-5-7-15/h3-9,12-14,35H,10-11H2,1-2H3. The maximum absolute atomic E-state index is 13.6. The van der Waals surface area contributed by atoms with Gasteiger partial charge < -0.3 is 9.64 Å². The van der Waals surface area contributed by atoms with Crippen LogP contribution in [0.4, 0.5) is 5.82 Å². The number of halogens is 2. The van der Waals surface area contributed by atoms with E-state index in [2.05, 4.69) is 37.0 Å². The van der Waals surface area contributed by atoms with E-state index in [0.717, 1.165) is 5.65 Å². The molecule has 2 atom stereocenters. The number of benzene rings is 1. The van der Waals surface area contributed by atoms with E-state index in [9.17, 15) is 4.79 Å². The summed E-state index contributed by atoms with van der Waals surface area (Å²) in [5.74, 6) is 1.16. The Kier molecular flexibility index (Phi) is 7.01. The van der Waals surface area contributed by atoms with Gasteiger partial charge in [-0.1, -0.05) is 29.8 Å². The van der Waals surface area contributed by atoms with Crippen LogP contribution < -0.4 is 10.5 Å². The molecule has 5 rings (SSSR count). The minimum Gasteiger partial charge on any atom is -0.380 e. The zero-order valence-corrected chi connectivity index (χ0v) is 22.8. The fourth-order valence-electron chi connectivity index (χ4n) is 3.92. The Morgan fingerprint density at radius 2 is 2.00 bits per heavy atom. The van der Waals surface area contributed by atoms with Crippen LogP contribution in [0.5, 0.6) is 0 Å². The molecule has 0 radical (unpaired) electrons. The second kappa shape index (κ2) is 10.2. The summed E-state index contributed by atoms with van der Waals surface area (Å²) < 4.78 is 10.7. The van der Waals surface area contributed by atoms with Gasteiger partial charge in [0.2, 0.25) is 0 Å². The third-order valence-electron chi connectivity index (χ3n) is 5.64. The smallest absolute Gasteiger partial charge is 0.284 e. The van der Waals surface area contributed by atoms with Crippen molar-refractivity contribution in [2.45, 2.75) is 19.6 Å². The molecule has 0 N–H and O–H groups in total. The van der Waals surface area contributed by atoms with Crippen molar-refractivity contribution in [3.8, 4) is 5.69 Å². The molecule has 0 fully saturated rings. The molecule has 1 aromatic carbocycles. The molecule has 0 aliphatic carbocycles. The Morgan fingerprint density at radius 1 is 1.20 bits per heavy atom. The summed E-state index contributed by atoms with van der Waals surface area (Å²) in [5.41, 5.74) is 2.20. The molecule has 0 bridgehead atoms. The Labute approximate surface area is 220 Å².